The predicted molar refractivity (Wildman–Crippen MR) is 101 cm³/mol. The first-order chi connectivity index (χ1) is 12.3. The molecule has 1 aromatic carbocycles. The first kappa shape index (κ1) is 19.9. The Hall–Kier alpha value is -2.40. The molecule has 0 saturated heterocycles. The second-order valence-electron chi connectivity index (χ2n) is 6.60. The van der Waals surface area contributed by atoms with Crippen LogP contribution in [0.5, 0.6) is 0 Å². The van der Waals surface area contributed by atoms with E-state index >= 15 is 0 Å². The summed E-state index contributed by atoms with van der Waals surface area (Å²) in [5.41, 5.74) is 4.84. The van der Waals surface area contributed by atoms with Crippen molar-refractivity contribution in [2.45, 2.75) is 40.7 Å². The fourth-order valence-electron chi connectivity index (χ4n) is 3.04. The molecule has 0 atom stereocenters. The van der Waals surface area contributed by atoms with E-state index in [0.717, 1.165) is 35.5 Å². The molecule has 0 radical (unpaired) electrons. The Labute approximate surface area is 154 Å². The molecule has 140 valence electrons. The van der Waals surface area contributed by atoms with Crippen LogP contribution in [0.4, 0.5) is 0 Å². The number of carbonyl (C=O) groups excluding carboxylic acids is 2. The Balaban J connectivity index is 2.05. The average Bonchev–Trinajstić information content (AvgIpc) is 2.89. The summed E-state index contributed by atoms with van der Waals surface area (Å²) >= 11 is 0. The number of Topliss-reactive ketones (excluding diaryl/α,β-unsaturated/α-hetero) is 1. The van der Waals surface area contributed by atoms with Crippen molar-refractivity contribution in [2.75, 3.05) is 20.3 Å². The summed E-state index contributed by atoms with van der Waals surface area (Å²) < 4.78 is 12.4. The van der Waals surface area contributed by atoms with E-state index in [1.54, 1.807) is 13.2 Å². The molecule has 0 amide bonds. The van der Waals surface area contributed by atoms with Gasteiger partial charge in [-0.3, -0.25) is 4.79 Å². The Morgan fingerprint density at radius 3 is 2.46 bits per heavy atom. The molecule has 0 fully saturated rings. The molecule has 2 rings (SSSR count). The normalized spacial score (nSPS) is 10.8. The number of nitrogens with zero attached hydrogens (tertiary/aromatic N) is 1. The van der Waals surface area contributed by atoms with Crippen molar-refractivity contribution in [1.82, 2.24) is 4.57 Å². The second kappa shape index (κ2) is 8.81. The lowest BCUT2D eigenvalue weighted by Crippen LogP contribution is -2.16. The average molecular weight is 357 g/mol. The molecule has 5 nitrogen and oxygen atoms in total. The quantitative estimate of drug-likeness (QED) is 0.410. The molecule has 0 saturated carbocycles. The van der Waals surface area contributed by atoms with E-state index in [1.807, 2.05) is 45.9 Å². The molecule has 0 aliphatic heterocycles. The van der Waals surface area contributed by atoms with Crippen LogP contribution in [-0.4, -0.2) is 36.6 Å². The van der Waals surface area contributed by atoms with E-state index in [-0.39, 0.29) is 12.4 Å². The number of aromatic nitrogens is 1. The van der Waals surface area contributed by atoms with E-state index in [1.165, 1.54) is 0 Å². The van der Waals surface area contributed by atoms with Crippen molar-refractivity contribution in [1.29, 1.82) is 0 Å². The van der Waals surface area contributed by atoms with Gasteiger partial charge in [-0.2, -0.15) is 0 Å². The first-order valence-electron chi connectivity index (χ1n) is 8.78. The lowest BCUT2D eigenvalue weighted by molar-refractivity contribution is 0.0473. The van der Waals surface area contributed by atoms with Crippen LogP contribution in [-0.2, 0) is 16.0 Å². The zero-order valence-corrected chi connectivity index (χ0v) is 16.2. The SMILES string of the molecule is COCCCn1c(C)cc(C(=O)COC(=O)c2cc(C)ccc2C)c1C. The van der Waals surface area contributed by atoms with Crippen molar-refractivity contribution in [2.24, 2.45) is 0 Å². The van der Waals surface area contributed by atoms with Gasteiger partial charge in [0.1, 0.15) is 0 Å². The van der Waals surface area contributed by atoms with Crippen LogP contribution >= 0.6 is 0 Å². The molecule has 0 unspecified atom stereocenters. The Morgan fingerprint density at radius 2 is 1.77 bits per heavy atom. The van der Waals surface area contributed by atoms with E-state index in [0.29, 0.717) is 17.7 Å². The van der Waals surface area contributed by atoms with Gasteiger partial charge in [-0.15, -0.1) is 0 Å². The van der Waals surface area contributed by atoms with Gasteiger partial charge in [0.2, 0.25) is 5.78 Å². The van der Waals surface area contributed by atoms with Crippen molar-refractivity contribution < 1.29 is 19.1 Å². The number of hydrogen-bond donors (Lipinski definition) is 0. The first-order valence-corrected chi connectivity index (χ1v) is 8.78. The minimum absolute atomic E-state index is 0.185. The van der Waals surface area contributed by atoms with Gasteiger partial charge in [0, 0.05) is 37.2 Å². The van der Waals surface area contributed by atoms with Gasteiger partial charge in [0.15, 0.2) is 6.61 Å². The molecule has 2 aromatic rings. The highest BCUT2D eigenvalue weighted by Crippen LogP contribution is 2.17. The molecular formula is C21H27NO4. The Morgan fingerprint density at radius 1 is 1.04 bits per heavy atom. The third-order valence-electron chi connectivity index (χ3n) is 4.55. The van der Waals surface area contributed by atoms with Gasteiger partial charge < -0.3 is 14.0 Å². The highest BCUT2D eigenvalue weighted by molar-refractivity contribution is 6.00. The van der Waals surface area contributed by atoms with Crippen molar-refractivity contribution in [3.05, 3.63) is 57.9 Å². The van der Waals surface area contributed by atoms with Gasteiger partial charge in [0.05, 0.1) is 5.56 Å². The predicted octanol–water partition coefficient (Wildman–Crippen LogP) is 3.80. The van der Waals surface area contributed by atoms with Crippen LogP contribution in [0.1, 0.15) is 49.7 Å². The monoisotopic (exact) mass is 357 g/mol. The Kier molecular flexibility index (Phi) is 6.75. The summed E-state index contributed by atoms with van der Waals surface area (Å²) in [6.45, 7) is 8.87. The van der Waals surface area contributed by atoms with Gasteiger partial charge in [-0.25, -0.2) is 4.79 Å². The van der Waals surface area contributed by atoms with Gasteiger partial charge in [-0.1, -0.05) is 17.7 Å². The van der Waals surface area contributed by atoms with Crippen molar-refractivity contribution >= 4 is 11.8 Å². The Bertz CT molecular complexity index is 805. The lowest BCUT2D eigenvalue weighted by atomic mass is 10.1. The molecule has 0 bridgehead atoms. The van der Waals surface area contributed by atoms with Crippen LogP contribution in [0, 0.1) is 27.7 Å². The summed E-state index contributed by atoms with van der Waals surface area (Å²) in [5.74, 6) is -0.650. The molecule has 0 aliphatic rings. The number of hydrogen-bond acceptors (Lipinski definition) is 4. The highest BCUT2D eigenvalue weighted by atomic mass is 16.5. The number of ketones is 1. The minimum Gasteiger partial charge on any atom is -0.454 e. The van der Waals surface area contributed by atoms with Crippen LogP contribution in [0.2, 0.25) is 0 Å². The molecule has 1 aromatic heterocycles. The van der Waals surface area contributed by atoms with Gasteiger partial charge in [-0.05, 0) is 51.8 Å². The summed E-state index contributed by atoms with van der Waals surface area (Å²) in [4.78, 5) is 24.8. The maximum absolute atomic E-state index is 12.5. The maximum atomic E-state index is 12.5. The third-order valence-corrected chi connectivity index (χ3v) is 4.55. The van der Waals surface area contributed by atoms with Crippen molar-refractivity contribution in [3.63, 3.8) is 0 Å². The number of carbonyl (C=O) groups is 2. The molecule has 0 spiro atoms. The topological polar surface area (TPSA) is 57.5 Å². The number of benzene rings is 1. The zero-order chi connectivity index (χ0) is 19.3. The smallest absolute Gasteiger partial charge is 0.338 e. The number of rotatable bonds is 8. The molecule has 0 aliphatic carbocycles. The molecule has 0 N–H and O–H groups in total. The molecule has 26 heavy (non-hydrogen) atoms. The summed E-state index contributed by atoms with van der Waals surface area (Å²) in [6, 6.07) is 7.46. The minimum atomic E-state index is -0.464. The molecule has 1 heterocycles. The number of aryl methyl sites for hydroxylation is 3. The number of esters is 1. The maximum Gasteiger partial charge on any atom is 0.338 e. The molecular weight excluding hydrogens is 330 g/mol. The number of methoxy groups -OCH3 is 1. The largest absolute Gasteiger partial charge is 0.454 e. The van der Waals surface area contributed by atoms with Crippen LogP contribution in [0.25, 0.3) is 0 Å². The lowest BCUT2D eigenvalue weighted by Gasteiger charge is -2.10. The van der Waals surface area contributed by atoms with E-state index in [2.05, 4.69) is 4.57 Å². The second-order valence-corrected chi connectivity index (χ2v) is 6.60. The van der Waals surface area contributed by atoms with Crippen LogP contribution in [0.15, 0.2) is 24.3 Å². The van der Waals surface area contributed by atoms with Gasteiger partial charge in [0.25, 0.3) is 0 Å². The fourth-order valence-corrected chi connectivity index (χ4v) is 3.04. The van der Waals surface area contributed by atoms with E-state index < -0.39 is 5.97 Å². The van der Waals surface area contributed by atoms with Crippen LogP contribution < -0.4 is 0 Å². The summed E-state index contributed by atoms with van der Waals surface area (Å²) in [6.07, 6.45) is 0.877. The highest BCUT2D eigenvalue weighted by Gasteiger charge is 2.18. The third kappa shape index (κ3) is 4.61. The van der Waals surface area contributed by atoms with Crippen LogP contribution in [0.3, 0.4) is 0 Å². The summed E-state index contributed by atoms with van der Waals surface area (Å²) in [5, 5.41) is 0. The molecule has 5 heteroatoms. The van der Waals surface area contributed by atoms with E-state index in [9.17, 15) is 9.59 Å². The number of ether oxygens (including phenoxy) is 2. The zero-order valence-electron chi connectivity index (χ0n) is 16.2. The fraction of sp³-hybridized carbons (Fsp3) is 0.429. The van der Waals surface area contributed by atoms with E-state index in [4.69, 9.17) is 9.47 Å². The van der Waals surface area contributed by atoms with Crippen molar-refractivity contribution in [3.8, 4) is 0 Å². The standard InChI is InChI=1S/C21H27NO4/c1-14-7-8-15(2)18(11-14)21(24)26-13-20(23)19-12-16(3)22(17(19)4)9-6-10-25-5/h7-8,11-12H,6,9-10,13H2,1-5H3. The summed E-state index contributed by atoms with van der Waals surface area (Å²) in [7, 11) is 1.68. The van der Waals surface area contributed by atoms with Gasteiger partial charge >= 0.3 is 5.97 Å².